The lowest BCUT2D eigenvalue weighted by molar-refractivity contribution is -0.309. The second-order valence-corrected chi connectivity index (χ2v) is 9.00. The highest BCUT2D eigenvalue weighted by Gasteiger charge is 2.35. The quantitative estimate of drug-likeness (QED) is 0.424. The first-order chi connectivity index (χ1) is 14.7. The van der Waals surface area contributed by atoms with Gasteiger partial charge in [-0.1, -0.05) is 59.3 Å². The van der Waals surface area contributed by atoms with E-state index in [0.29, 0.717) is 32.0 Å². The molecule has 0 N–H and O–H groups in total. The van der Waals surface area contributed by atoms with Gasteiger partial charge in [0.15, 0.2) is 11.5 Å². The van der Waals surface area contributed by atoms with E-state index >= 15 is 0 Å². The maximum atomic E-state index is 12.6. The summed E-state index contributed by atoms with van der Waals surface area (Å²) in [4.78, 5) is 25.1. The normalized spacial score (nSPS) is 16.0. The number of carboxylic acids is 1. The Kier molecular flexibility index (Phi) is 7.48. The van der Waals surface area contributed by atoms with E-state index in [1.807, 2.05) is 0 Å². The largest absolute Gasteiger partial charge is 0.548 e. The molecule has 3 rings (SSSR count). The second-order valence-electron chi connectivity index (χ2n) is 6.48. The van der Waals surface area contributed by atoms with Gasteiger partial charge in [-0.3, -0.25) is 9.69 Å². The smallest absolute Gasteiger partial charge is 0.266 e. The summed E-state index contributed by atoms with van der Waals surface area (Å²) in [5.41, 5.74) is 1.43. The third-order valence-electron chi connectivity index (χ3n) is 4.44. The minimum atomic E-state index is -1.37. The van der Waals surface area contributed by atoms with Crippen molar-refractivity contribution in [2.75, 3.05) is 7.11 Å². The van der Waals surface area contributed by atoms with E-state index < -0.39 is 17.9 Å². The molecule has 1 saturated heterocycles. The Hall–Kier alpha value is -2.26. The zero-order valence-electron chi connectivity index (χ0n) is 16.4. The van der Waals surface area contributed by atoms with Crippen molar-refractivity contribution in [3.8, 4) is 11.5 Å². The number of benzene rings is 2. The lowest BCUT2D eigenvalue weighted by Gasteiger charge is -2.23. The van der Waals surface area contributed by atoms with Crippen LogP contribution in [0.3, 0.4) is 0 Å². The molecule has 0 bridgehead atoms. The van der Waals surface area contributed by atoms with Crippen molar-refractivity contribution in [3.05, 3.63) is 62.5 Å². The minimum Gasteiger partial charge on any atom is -0.548 e. The number of hydrogen-bond acceptors (Lipinski definition) is 7. The average Bonchev–Trinajstić information content (AvgIpc) is 3.00. The molecule has 1 aliphatic rings. The van der Waals surface area contributed by atoms with Gasteiger partial charge in [0, 0.05) is 15.6 Å². The molecule has 0 aromatic heterocycles. The molecule has 0 aliphatic carbocycles. The molecule has 1 aliphatic heterocycles. The monoisotopic (exact) mass is 496 g/mol. The van der Waals surface area contributed by atoms with Crippen LogP contribution in [-0.2, 0) is 16.2 Å². The summed E-state index contributed by atoms with van der Waals surface area (Å²) in [6, 6.07) is 9.15. The van der Waals surface area contributed by atoms with Gasteiger partial charge >= 0.3 is 0 Å². The number of carbonyl (C=O) groups excluding carboxylic acids is 2. The molecular weight excluding hydrogens is 481 g/mol. The molecule has 0 radical (unpaired) electrons. The number of ether oxygens (including phenoxy) is 2. The van der Waals surface area contributed by atoms with E-state index in [0.717, 1.165) is 22.2 Å². The fourth-order valence-corrected chi connectivity index (χ4v) is 4.64. The van der Waals surface area contributed by atoms with Crippen LogP contribution >= 0.6 is 47.2 Å². The van der Waals surface area contributed by atoms with Crippen molar-refractivity contribution < 1.29 is 24.2 Å². The summed E-state index contributed by atoms with van der Waals surface area (Å²) >= 11 is 18.3. The van der Waals surface area contributed by atoms with Crippen molar-refractivity contribution in [1.82, 2.24) is 4.90 Å². The van der Waals surface area contributed by atoms with E-state index in [2.05, 4.69) is 0 Å². The standard InChI is InChI=1S/C21H17Cl2NO5S2/c1-11(20(26)27)24-19(25)18(31-21(24)30)8-12-3-6-16(17(7-12)28-2)29-10-13-4-5-14(22)9-15(13)23/h3-9,11H,10H2,1-2H3,(H,26,27)/p-1/b18-8-/t11-/m1/s1. The van der Waals surface area contributed by atoms with Crippen LogP contribution in [0.25, 0.3) is 6.08 Å². The minimum absolute atomic E-state index is 0.166. The Morgan fingerprint density at radius 1 is 1.26 bits per heavy atom. The lowest BCUT2D eigenvalue weighted by atomic mass is 10.1. The Balaban J connectivity index is 1.79. The number of amides is 1. The van der Waals surface area contributed by atoms with Gasteiger partial charge in [0.1, 0.15) is 10.9 Å². The summed E-state index contributed by atoms with van der Waals surface area (Å²) in [6.07, 6.45) is 1.61. The van der Waals surface area contributed by atoms with Crippen LogP contribution in [0.1, 0.15) is 18.1 Å². The molecule has 0 unspecified atom stereocenters. The zero-order valence-corrected chi connectivity index (χ0v) is 19.5. The van der Waals surface area contributed by atoms with Gasteiger partial charge in [-0.2, -0.15) is 0 Å². The van der Waals surface area contributed by atoms with Crippen LogP contribution in [0.2, 0.25) is 10.0 Å². The highest BCUT2D eigenvalue weighted by atomic mass is 35.5. The van der Waals surface area contributed by atoms with Crippen LogP contribution in [-0.4, -0.2) is 34.2 Å². The number of carboxylic acid groups (broad SMARTS) is 1. The maximum absolute atomic E-state index is 12.6. The molecule has 162 valence electrons. The number of rotatable bonds is 7. The van der Waals surface area contributed by atoms with Crippen molar-refractivity contribution >= 4 is 69.5 Å². The van der Waals surface area contributed by atoms with Crippen LogP contribution < -0.4 is 14.6 Å². The molecule has 31 heavy (non-hydrogen) atoms. The predicted molar refractivity (Wildman–Crippen MR) is 123 cm³/mol. The van der Waals surface area contributed by atoms with Gasteiger partial charge in [-0.25, -0.2) is 0 Å². The summed E-state index contributed by atoms with van der Waals surface area (Å²) in [7, 11) is 1.50. The number of carbonyl (C=O) groups is 2. The number of hydrogen-bond donors (Lipinski definition) is 0. The number of thiocarbonyl (C=S) groups is 1. The molecule has 0 saturated carbocycles. The lowest BCUT2D eigenvalue weighted by Crippen LogP contribution is -2.48. The number of halogens is 2. The Morgan fingerprint density at radius 2 is 2.00 bits per heavy atom. The van der Waals surface area contributed by atoms with Gasteiger partial charge in [-0.15, -0.1) is 0 Å². The van der Waals surface area contributed by atoms with Gasteiger partial charge in [0.2, 0.25) is 0 Å². The molecule has 10 heteroatoms. The fraction of sp³-hybridized carbons (Fsp3) is 0.190. The molecule has 1 fully saturated rings. The Morgan fingerprint density at radius 3 is 2.65 bits per heavy atom. The van der Waals surface area contributed by atoms with E-state index in [1.165, 1.54) is 14.0 Å². The topological polar surface area (TPSA) is 78.9 Å². The average molecular weight is 497 g/mol. The molecule has 0 spiro atoms. The summed E-state index contributed by atoms with van der Waals surface area (Å²) < 4.78 is 11.4. The van der Waals surface area contributed by atoms with E-state index in [-0.39, 0.29) is 10.9 Å². The second kappa shape index (κ2) is 9.91. The number of methoxy groups -OCH3 is 1. The Bertz CT molecular complexity index is 1090. The summed E-state index contributed by atoms with van der Waals surface area (Å²) in [5, 5.41) is 12.2. The van der Waals surface area contributed by atoms with E-state index in [9.17, 15) is 14.7 Å². The third kappa shape index (κ3) is 5.33. The summed E-state index contributed by atoms with van der Waals surface area (Å²) in [6.45, 7) is 1.57. The highest BCUT2D eigenvalue weighted by Crippen LogP contribution is 2.36. The molecule has 1 heterocycles. The zero-order chi connectivity index (χ0) is 22.7. The Labute approximate surface area is 198 Å². The molecule has 2 aromatic rings. The van der Waals surface area contributed by atoms with Gasteiger partial charge in [0.05, 0.1) is 24.0 Å². The van der Waals surface area contributed by atoms with Crippen molar-refractivity contribution in [1.29, 1.82) is 0 Å². The molecular formula is C21H16Cl2NO5S2-. The van der Waals surface area contributed by atoms with Gasteiger partial charge < -0.3 is 19.4 Å². The predicted octanol–water partition coefficient (Wildman–Crippen LogP) is 3.92. The molecule has 6 nitrogen and oxygen atoms in total. The van der Waals surface area contributed by atoms with Gasteiger partial charge in [0.25, 0.3) is 5.91 Å². The number of thioether (sulfide) groups is 1. The van der Waals surface area contributed by atoms with E-state index in [1.54, 1.807) is 42.5 Å². The van der Waals surface area contributed by atoms with E-state index in [4.69, 9.17) is 44.9 Å². The number of nitrogens with zero attached hydrogens (tertiary/aromatic N) is 1. The van der Waals surface area contributed by atoms with Gasteiger partial charge in [-0.05, 0) is 42.8 Å². The first-order valence-electron chi connectivity index (χ1n) is 8.94. The first-order valence-corrected chi connectivity index (χ1v) is 10.9. The van der Waals surface area contributed by atoms with Crippen LogP contribution in [0, 0.1) is 0 Å². The maximum Gasteiger partial charge on any atom is 0.266 e. The van der Waals surface area contributed by atoms with Crippen molar-refractivity contribution in [2.24, 2.45) is 0 Å². The fourth-order valence-electron chi connectivity index (χ4n) is 2.76. The third-order valence-corrected chi connectivity index (χ3v) is 6.35. The summed E-state index contributed by atoms with van der Waals surface area (Å²) in [5.74, 6) is -0.911. The SMILES string of the molecule is COc1cc(/C=C2\SC(=S)N([C@H](C)C(=O)[O-])C2=O)ccc1OCc1ccc(Cl)cc1Cl. The van der Waals surface area contributed by atoms with Crippen LogP contribution in [0.4, 0.5) is 0 Å². The molecule has 2 aromatic carbocycles. The van der Waals surface area contributed by atoms with Crippen LogP contribution in [0.15, 0.2) is 41.3 Å². The van der Waals surface area contributed by atoms with Crippen molar-refractivity contribution in [2.45, 2.75) is 19.6 Å². The van der Waals surface area contributed by atoms with Crippen LogP contribution in [0.5, 0.6) is 11.5 Å². The number of aliphatic carboxylic acids is 1. The molecule has 1 amide bonds. The first kappa shape index (κ1) is 23.4. The highest BCUT2D eigenvalue weighted by molar-refractivity contribution is 8.26. The molecule has 1 atom stereocenters. The van der Waals surface area contributed by atoms with Crippen molar-refractivity contribution in [3.63, 3.8) is 0 Å².